The number of H-pyrrole nitrogens is 1. The molecule has 3 heteroatoms. The summed E-state index contributed by atoms with van der Waals surface area (Å²) in [7, 11) is 0.601. The Kier molecular flexibility index (Phi) is 3.14. The molecular formula is C12H12N2Si. The number of nitrogens with one attached hydrogen (secondary N) is 1. The largest absolute Gasteiger partial charge is 0.350 e. The lowest BCUT2D eigenvalue weighted by molar-refractivity contribution is 1.17. The number of allylic oxidation sites excluding steroid dienone is 1. The average Bonchev–Trinajstić information content (AvgIpc) is 2.68. The van der Waals surface area contributed by atoms with Crippen molar-refractivity contribution in [3.8, 4) is 0 Å². The molecule has 2 rings (SSSR count). The molecule has 0 unspecified atom stereocenters. The van der Waals surface area contributed by atoms with Crippen LogP contribution >= 0.6 is 0 Å². The zero-order valence-corrected chi connectivity index (χ0v) is 9.40. The number of rotatable bonds is 4. The van der Waals surface area contributed by atoms with E-state index >= 15 is 0 Å². The van der Waals surface area contributed by atoms with Crippen molar-refractivity contribution in [1.82, 2.24) is 9.97 Å². The summed E-state index contributed by atoms with van der Waals surface area (Å²) in [6.45, 7) is 3.70. The molecule has 0 spiro atoms. The number of hydrogen-bond donors (Lipinski definition) is 1. The van der Waals surface area contributed by atoms with Gasteiger partial charge in [-0.15, -0.1) is 6.58 Å². The van der Waals surface area contributed by atoms with Gasteiger partial charge >= 0.3 is 0 Å². The molecule has 0 saturated carbocycles. The highest BCUT2D eigenvalue weighted by molar-refractivity contribution is 6.65. The molecule has 15 heavy (non-hydrogen) atoms. The van der Waals surface area contributed by atoms with Crippen molar-refractivity contribution in [3.05, 3.63) is 54.9 Å². The molecule has 0 aliphatic heterocycles. The zero-order chi connectivity index (χ0) is 10.5. The second-order valence-corrected chi connectivity index (χ2v) is 4.54. The number of imidazole rings is 1. The van der Waals surface area contributed by atoms with Crippen molar-refractivity contribution in [2.45, 2.75) is 6.42 Å². The Morgan fingerprint density at radius 2 is 2.13 bits per heavy atom. The first-order chi connectivity index (χ1) is 7.38. The SMILES string of the molecule is C=CCc1cnc([Si]c2ccccc2)[nH]1. The summed E-state index contributed by atoms with van der Waals surface area (Å²) in [4.78, 5) is 7.63. The third-order valence-electron chi connectivity index (χ3n) is 2.03. The van der Waals surface area contributed by atoms with Gasteiger partial charge in [0.05, 0.1) is 5.45 Å². The van der Waals surface area contributed by atoms with Gasteiger partial charge < -0.3 is 4.98 Å². The topological polar surface area (TPSA) is 28.7 Å². The molecular weight excluding hydrogens is 200 g/mol. The number of hydrogen-bond acceptors (Lipinski definition) is 1. The highest BCUT2D eigenvalue weighted by Gasteiger charge is 2.01. The number of aromatic amines is 1. The predicted molar refractivity (Wildman–Crippen MR) is 64.0 cm³/mol. The molecule has 1 aromatic carbocycles. The smallest absolute Gasteiger partial charge is 0.171 e. The fourth-order valence-corrected chi connectivity index (χ4v) is 2.32. The van der Waals surface area contributed by atoms with Gasteiger partial charge in [0.1, 0.15) is 0 Å². The number of benzene rings is 1. The lowest BCUT2D eigenvalue weighted by Gasteiger charge is -1.95. The van der Waals surface area contributed by atoms with Crippen LogP contribution in [0.2, 0.25) is 0 Å². The summed E-state index contributed by atoms with van der Waals surface area (Å²) in [5, 5.41) is 1.30. The van der Waals surface area contributed by atoms with Crippen LogP contribution in [0.3, 0.4) is 0 Å². The summed E-state index contributed by atoms with van der Waals surface area (Å²) in [6.07, 6.45) is 4.61. The van der Waals surface area contributed by atoms with Gasteiger partial charge in [0, 0.05) is 18.3 Å². The molecule has 1 N–H and O–H groups in total. The molecule has 1 aromatic heterocycles. The molecule has 0 amide bonds. The molecule has 0 aliphatic carbocycles. The minimum absolute atomic E-state index is 0.601. The molecule has 0 bridgehead atoms. The standard InChI is InChI=1S/C12H12N2Si/c1-2-6-10-9-13-12(14-10)15-11-7-4-3-5-8-11/h2-5,7-9H,1,6H2,(H,13,14). The van der Waals surface area contributed by atoms with E-state index in [4.69, 9.17) is 0 Å². The summed E-state index contributed by atoms with van der Waals surface area (Å²) in [5.74, 6) is 0. The first-order valence-electron chi connectivity index (χ1n) is 4.85. The molecule has 0 atom stereocenters. The first-order valence-corrected chi connectivity index (χ1v) is 5.85. The Morgan fingerprint density at radius 1 is 1.33 bits per heavy atom. The van der Waals surface area contributed by atoms with E-state index in [1.165, 1.54) is 5.19 Å². The number of nitrogens with zero attached hydrogens (tertiary/aromatic N) is 1. The van der Waals surface area contributed by atoms with Crippen LogP contribution in [0, 0.1) is 0 Å². The minimum atomic E-state index is 0.601. The van der Waals surface area contributed by atoms with E-state index in [0.717, 1.165) is 17.6 Å². The van der Waals surface area contributed by atoms with Crippen molar-refractivity contribution >= 4 is 20.2 Å². The second-order valence-electron chi connectivity index (χ2n) is 3.24. The maximum absolute atomic E-state index is 4.34. The first kappa shape index (κ1) is 9.92. The van der Waals surface area contributed by atoms with Crippen LogP contribution in [0.15, 0.2) is 49.2 Å². The minimum Gasteiger partial charge on any atom is -0.350 e. The van der Waals surface area contributed by atoms with Crippen LogP contribution in [0.4, 0.5) is 0 Å². The van der Waals surface area contributed by atoms with Crippen LogP contribution < -0.4 is 10.6 Å². The Morgan fingerprint density at radius 3 is 2.87 bits per heavy atom. The highest BCUT2D eigenvalue weighted by atomic mass is 28.2. The van der Waals surface area contributed by atoms with Crippen LogP contribution in [-0.2, 0) is 6.42 Å². The molecule has 74 valence electrons. The van der Waals surface area contributed by atoms with E-state index in [-0.39, 0.29) is 0 Å². The molecule has 1 heterocycles. The molecule has 2 nitrogen and oxygen atoms in total. The van der Waals surface area contributed by atoms with E-state index in [9.17, 15) is 0 Å². The van der Waals surface area contributed by atoms with Gasteiger partial charge in [0.25, 0.3) is 0 Å². The lowest BCUT2D eigenvalue weighted by Crippen LogP contribution is -2.29. The Hall–Kier alpha value is -1.61. The molecule has 0 saturated heterocycles. The van der Waals surface area contributed by atoms with E-state index in [0.29, 0.717) is 9.52 Å². The molecule has 2 aromatic rings. The second kappa shape index (κ2) is 4.75. The van der Waals surface area contributed by atoms with Crippen molar-refractivity contribution in [2.75, 3.05) is 0 Å². The lowest BCUT2D eigenvalue weighted by atomic mass is 10.3. The molecule has 0 aliphatic rings. The summed E-state index contributed by atoms with van der Waals surface area (Å²) < 4.78 is 0. The fourth-order valence-electron chi connectivity index (χ4n) is 1.34. The normalized spacial score (nSPS) is 10.1. The molecule has 2 radical (unpaired) electrons. The average molecular weight is 212 g/mol. The number of aromatic nitrogens is 2. The highest BCUT2D eigenvalue weighted by Crippen LogP contribution is 1.91. The van der Waals surface area contributed by atoms with Crippen LogP contribution in [0.25, 0.3) is 0 Å². The Balaban J connectivity index is 2.08. The van der Waals surface area contributed by atoms with E-state index in [1.54, 1.807) is 0 Å². The van der Waals surface area contributed by atoms with Gasteiger partial charge in [0.2, 0.25) is 0 Å². The fraction of sp³-hybridized carbons (Fsp3) is 0.0833. The summed E-state index contributed by atoms with van der Waals surface area (Å²) >= 11 is 0. The molecule has 0 fully saturated rings. The Bertz CT molecular complexity index is 434. The van der Waals surface area contributed by atoms with E-state index in [2.05, 4.69) is 40.8 Å². The van der Waals surface area contributed by atoms with Gasteiger partial charge in [-0.05, 0) is 0 Å². The van der Waals surface area contributed by atoms with Gasteiger partial charge in [-0.1, -0.05) is 41.6 Å². The summed E-state index contributed by atoms with van der Waals surface area (Å²) in [5.41, 5.74) is 2.17. The third kappa shape index (κ3) is 2.67. The van der Waals surface area contributed by atoms with Crippen molar-refractivity contribution in [3.63, 3.8) is 0 Å². The van der Waals surface area contributed by atoms with Gasteiger partial charge in [-0.2, -0.15) is 0 Å². The van der Waals surface area contributed by atoms with Crippen LogP contribution in [0.5, 0.6) is 0 Å². The quantitative estimate of drug-likeness (QED) is 0.589. The maximum atomic E-state index is 4.34. The zero-order valence-electron chi connectivity index (χ0n) is 8.40. The predicted octanol–water partition coefficient (Wildman–Crippen LogP) is 0.793. The summed E-state index contributed by atoms with van der Waals surface area (Å²) in [6, 6.07) is 10.4. The van der Waals surface area contributed by atoms with Crippen molar-refractivity contribution in [1.29, 1.82) is 0 Å². The monoisotopic (exact) mass is 212 g/mol. The Labute approximate surface area is 91.9 Å². The van der Waals surface area contributed by atoms with Crippen LogP contribution in [0.1, 0.15) is 5.69 Å². The van der Waals surface area contributed by atoms with Gasteiger partial charge in [0.15, 0.2) is 9.52 Å². The third-order valence-corrected chi connectivity index (χ3v) is 3.14. The van der Waals surface area contributed by atoms with Gasteiger partial charge in [-0.25, -0.2) is 4.98 Å². The van der Waals surface area contributed by atoms with Crippen LogP contribution in [-0.4, -0.2) is 19.5 Å². The van der Waals surface area contributed by atoms with Crippen molar-refractivity contribution in [2.24, 2.45) is 0 Å². The van der Waals surface area contributed by atoms with Crippen molar-refractivity contribution < 1.29 is 0 Å². The van der Waals surface area contributed by atoms with Gasteiger partial charge in [-0.3, -0.25) is 0 Å². The van der Waals surface area contributed by atoms with E-state index < -0.39 is 0 Å². The van der Waals surface area contributed by atoms with E-state index in [1.807, 2.05) is 18.3 Å². The maximum Gasteiger partial charge on any atom is 0.171 e.